The summed E-state index contributed by atoms with van der Waals surface area (Å²) in [5.74, 6) is -0.136. The van der Waals surface area contributed by atoms with E-state index in [1.54, 1.807) is 4.90 Å². The minimum absolute atomic E-state index is 0.0580. The van der Waals surface area contributed by atoms with Crippen LogP contribution in [0.5, 0.6) is 0 Å². The smallest absolute Gasteiger partial charge is 0.318 e. The molecule has 1 saturated carbocycles. The van der Waals surface area contributed by atoms with Gasteiger partial charge in [-0.3, -0.25) is 4.79 Å². The molecule has 6 nitrogen and oxygen atoms in total. The number of hydrogen-bond acceptors (Lipinski definition) is 3. The highest BCUT2D eigenvalue weighted by Gasteiger charge is 2.33. The largest absolute Gasteiger partial charge is 0.377 e. The van der Waals surface area contributed by atoms with Gasteiger partial charge >= 0.3 is 6.03 Å². The summed E-state index contributed by atoms with van der Waals surface area (Å²) >= 11 is 0. The second-order valence-electron chi connectivity index (χ2n) is 6.23. The van der Waals surface area contributed by atoms with Crippen LogP contribution in [-0.4, -0.2) is 54.7 Å². The van der Waals surface area contributed by atoms with Gasteiger partial charge in [0.25, 0.3) is 0 Å². The van der Waals surface area contributed by atoms with Gasteiger partial charge in [-0.25, -0.2) is 4.79 Å². The number of ether oxygens (including phenoxy) is 1. The molecule has 0 spiro atoms. The van der Waals surface area contributed by atoms with Crippen molar-refractivity contribution >= 4 is 11.9 Å². The van der Waals surface area contributed by atoms with E-state index < -0.39 is 6.04 Å². The molecule has 120 valence electrons. The lowest BCUT2D eigenvalue weighted by molar-refractivity contribution is -0.130. The number of carbonyl (C=O) groups is 2. The van der Waals surface area contributed by atoms with Crippen LogP contribution in [0.15, 0.2) is 0 Å². The van der Waals surface area contributed by atoms with Gasteiger partial charge in [-0.1, -0.05) is 19.3 Å². The van der Waals surface area contributed by atoms with Crippen molar-refractivity contribution in [1.29, 1.82) is 0 Å². The van der Waals surface area contributed by atoms with Gasteiger partial charge in [-0.2, -0.15) is 0 Å². The van der Waals surface area contributed by atoms with Crippen LogP contribution in [0.2, 0.25) is 0 Å². The highest BCUT2D eigenvalue weighted by Crippen LogP contribution is 2.18. The number of nitrogens with zero attached hydrogens (tertiary/aromatic N) is 1. The van der Waals surface area contributed by atoms with Gasteiger partial charge < -0.3 is 20.3 Å². The third kappa shape index (κ3) is 4.59. The first kappa shape index (κ1) is 16.1. The van der Waals surface area contributed by atoms with Crippen LogP contribution in [0, 0.1) is 0 Å². The van der Waals surface area contributed by atoms with E-state index in [0.29, 0.717) is 13.2 Å². The van der Waals surface area contributed by atoms with Crippen molar-refractivity contribution in [3.8, 4) is 0 Å². The molecule has 1 aliphatic carbocycles. The number of amides is 3. The average Bonchev–Trinajstić information content (AvgIpc) is 2.47. The molecule has 0 aromatic rings. The summed E-state index contributed by atoms with van der Waals surface area (Å²) in [6.45, 7) is 5.05. The fourth-order valence-corrected chi connectivity index (χ4v) is 2.95. The summed E-state index contributed by atoms with van der Waals surface area (Å²) in [6, 6.07) is -0.343. The molecule has 2 aliphatic rings. The van der Waals surface area contributed by atoms with Crippen LogP contribution in [-0.2, 0) is 9.53 Å². The number of hydrogen-bond donors (Lipinski definition) is 2. The van der Waals surface area contributed by atoms with Crippen molar-refractivity contribution in [2.75, 3.05) is 19.8 Å². The normalized spacial score (nSPS) is 24.0. The van der Waals surface area contributed by atoms with Crippen molar-refractivity contribution < 1.29 is 14.3 Å². The molecule has 6 heteroatoms. The van der Waals surface area contributed by atoms with E-state index in [1.165, 1.54) is 19.3 Å². The number of carbonyl (C=O) groups excluding carboxylic acids is 2. The van der Waals surface area contributed by atoms with Crippen molar-refractivity contribution in [3.05, 3.63) is 0 Å². The van der Waals surface area contributed by atoms with Crippen molar-refractivity contribution in [2.45, 2.75) is 64.1 Å². The Morgan fingerprint density at radius 1 is 1.19 bits per heavy atom. The zero-order chi connectivity index (χ0) is 15.2. The summed E-state index contributed by atoms with van der Waals surface area (Å²) in [4.78, 5) is 26.3. The second kappa shape index (κ2) is 7.64. The Hall–Kier alpha value is -1.30. The Morgan fingerprint density at radius 2 is 1.90 bits per heavy atom. The van der Waals surface area contributed by atoms with Gasteiger partial charge in [0.05, 0.1) is 13.2 Å². The number of morpholine rings is 1. The van der Waals surface area contributed by atoms with Crippen LogP contribution in [0.4, 0.5) is 4.79 Å². The van der Waals surface area contributed by atoms with Crippen LogP contribution < -0.4 is 10.6 Å². The molecule has 2 fully saturated rings. The fourth-order valence-electron chi connectivity index (χ4n) is 2.95. The van der Waals surface area contributed by atoms with Gasteiger partial charge in [0.1, 0.15) is 6.04 Å². The fraction of sp³-hybridized carbons (Fsp3) is 0.867. The average molecular weight is 297 g/mol. The number of urea groups is 1. The molecule has 3 amide bonds. The molecule has 0 aromatic heterocycles. The highest BCUT2D eigenvalue weighted by molar-refractivity contribution is 5.87. The van der Waals surface area contributed by atoms with Gasteiger partial charge in [0.15, 0.2) is 0 Å². The van der Waals surface area contributed by atoms with E-state index in [1.807, 2.05) is 13.8 Å². The summed E-state index contributed by atoms with van der Waals surface area (Å²) in [7, 11) is 0. The number of nitrogens with one attached hydrogen (secondary N) is 2. The maximum absolute atomic E-state index is 12.4. The Balaban J connectivity index is 1.93. The van der Waals surface area contributed by atoms with Crippen molar-refractivity contribution in [3.63, 3.8) is 0 Å². The van der Waals surface area contributed by atoms with E-state index in [0.717, 1.165) is 12.8 Å². The molecule has 2 N–H and O–H groups in total. The van der Waals surface area contributed by atoms with Gasteiger partial charge in [0, 0.05) is 18.6 Å². The van der Waals surface area contributed by atoms with Crippen LogP contribution in [0.3, 0.4) is 0 Å². The highest BCUT2D eigenvalue weighted by atomic mass is 16.5. The Bertz CT molecular complexity index is 367. The molecule has 21 heavy (non-hydrogen) atoms. The molecule has 2 rings (SSSR count). The third-order valence-corrected chi connectivity index (χ3v) is 4.06. The molecule has 1 saturated heterocycles. The monoisotopic (exact) mass is 297 g/mol. The lowest BCUT2D eigenvalue weighted by Gasteiger charge is -2.36. The van der Waals surface area contributed by atoms with Crippen LogP contribution >= 0.6 is 0 Å². The summed E-state index contributed by atoms with van der Waals surface area (Å²) in [5.41, 5.74) is 0. The predicted molar refractivity (Wildman–Crippen MR) is 80.0 cm³/mol. The predicted octanol–water partition coefficient (Wildman–Crippen LogP) is 1.25. The Kier molecular flexibility index (Phi) is 5.85. The first-order valence-electron chi connectivity index (χ1n) is 8.03. The zero-order valence-corrected chi connectivity index (χ0v) is 13.1. The summed E-state index contributed by atoms with van der Waals surface area (Å²) in [5, 5.41) is 5.94. The zero-order valence-electron chi connectivity index (χ0n) is 13.1. The van der Waals surface area contributed by atoms with Crippen molar-refractivity contribution in [2.24, 2.45) is 0 Å². The number of rotatable bonds is 3. The van der Waals surface area contributed by atoms with E-state index >= 15 is 0 Å². The molecule has 1 aliphatic heterocycles. The van der Waals surface area contributed by atoms with Gasteiger partial charge in [-0.05, 0) is 26.7 Å². The van der Waals surface area contributed by atoms with Gasteiger partial charge in [0.2, 0.25) is 5.91 Å². The first-order chi connectivity index (χ1) is 10.1. The lowest BCUT2D eigenvalue weighted by atomic mass is 9.96. The first-order valence-corrected chi connectivity index (χ1v) is 8.03. The van der Waals surface area contributed by atoms with Crippen LogP contribution in [0.1, 0.15) is 46.0 Å². The maximum atomic E-state index is 12.4. The minimum Gasteiger partial charge on any atom is -0.377 e. The molecule has 1 atom stereocenters. The molecule has 0 radical (unpaired) electrons. The lowest BCUT2D eigenvalue weighted by Crippen LogP contribution is -2.60. The SMILES string of the molecule is CC(C)NC(=O)C1COCCN1C(=O)NC1CCCCC1. The minimum atomic E-state index is -0.523. The maximum Gasteiger partial charge on any atom is 0.318 e. The molecule has 0 aromatic carbocycles. The van der Waals surface area contributed by atoms with E-state index in [-0.39, 0.29) is 30.6 Å². The summed E-state index contributed by atoms with van der Waals surface area (Å²) in [6.07, 6.45) is 5.68. The molecule has 1 unspecified atom stereocenters. The van der Waals surface area contributed by atoms with Crippen molar-refractivity contribution in [1.82, 2.24) is 15.5 Å². The standard InChI is InChI=1S/C15H27N3O3/c1-11(2)16-14(19)13-10-21-9-8-18(13)15(20)17-12-6-4-3-5-7-12/h11-13H,3-10H2,1-2H3,(H,16,19)(H,17,20). The van der Waals surface area contributed by atoms with Crippen LogP contribution in [0.25, 0.3) is 0 Å². The van der Waals surface area contributed by atoms with Gasteiger partial charge in [-0.15, -0.1) is 0 Å². The molecule has 1 heterocycles. The molecule has 0 bridgehead atoms. The van der Waals surface area contributed by atoms with E-state index in [9.17, 15) is 9.59 Å². The molecular formula is C15H27N3O3. The Morgan fingerprint density at radius 3 is 2.57 bits per heavy atom. The topological polar surface area (TPSA) is 70.7 Å². The van der Waals surface area contributed by atoms with E-state index in [4.69, 9.17) is 4.74 Å². The summed E-state index contributed by atoms with van der Waals surface area (Å²) < 4.78 is 5.37. The van der Waals surface area contributed by atoms with E-state index in [2.05, 4.69) is 10.6 Å². The second-order valence-corrected chi connectivity index (χ2v) is 6.23. The Labute approximate surface area is 126 Å². The quantitative estimate of drug-likeness (QED) is 0.824. The third-order valence-electron chi connectivity index (χ3n) is 4.06. The molecular weight excluding hydrogens is 270 g/mol.